The normalized spacial score (nSPS) is 25.2. The lowest BCUT2D eigenvalue weighted by molar-refractivity contribution is 0.394. The van der Waals surface area contributed by atoms with Crippen molar-refractivity contribution >= 4 is 11.6 Å². The topological polar surface area (TPSA) is 43.8 Å². The lowest BCUT2D eigenvalue weighted by Gasteiger charge is -2.17. The maximum atomic E-state index is 6.25. The fourth-order valence-electron chi connectivity index (χ4n) is 2.86. The van der Waals surface area contributed by atoms with Crippen molar-refractivity contribution < 1.29 is 0 Å². The quantitative estimate of drug-likeness (QED) is 0.883. The van der Waals surface area contributed by atoms with Gasteiger partial charge in [0.25, 0.3) is 0 Å². The Bertz CT molecular complexity index is 373. The number of aryl methyl sites for hydroxylation is 2. The van der Waals surface area contributed by atoms with E-state index in [0.29, 0.717) is 11.8 Å². The molecule has 1 aromatic heterocycles. The number of halogens is 1. The zero-order valence-electron chi connectivity index (χ0n) is 10.0. The van der Waals surface area contributed by atoms with E-state index in [4.69, 9.17) is 17.3 Å². The molecule has 1 fully saturated rings. The maximum Gasteiger partial charge on any atom is 0.130 e. The van der Waals surface area contributed by atoms with Gasteiger partial charge < -0.3 is 5.73 Å². The number of nitrogens with zero attached hydrogens (tertiary/aromatic N) is 2. The van der Waals surface area contributed by atoms with Gasteiger partial charge in [0, 0.05) is 12.6 Å². The molecule has 90 valence electrons. The molecule has 1 aliphatic rings. The maximum absolute atomic E-state index is 6.25. The van der Waals surface area contributed by atoms with E-state index < -0.39 is 0 Å². The molecular formula is C12H20ClN3. The molecule has 0 saturated heterocycles. The number of rotatable bonds is 3. The molecule has 3 nitrogen and oxygen atoms in total. The van der Waals surface area contributed by atoms with Gasteiger partial charge in [-0.1, -0.05) is 18.0 Å². The molecule has 1 aliphatic carbocycles. The van der Waals surface area contributed by atoms with Crippen LogP contribution in [0.1, 0.15) is 30.5 Å². The van der Waals surface area contributed by atoms with Crippen LogP contribution in [0.15, 0.2) is 0 Å². The standard InChI is InChI=1S/C12H20ClN3/c1-8-11(12(13)16(2)15-8)6-9-4-3-5-10(9)7-14/h9-10H,3-7,14H2,1-2H3. The highest BCUT2D eigenvalue weighted by atomic mass is 35.5. The van der Waals surface area contributed by atoms with E-state index in [0.717, 1.165) is 23.8 Å². The summed E-state index contributed by atoms with van der Waals surface area (Å²) in [5.74, 6) is 1.38. The Kier molecular flexibility index (Phi) is 3.55. The number of hydrogen-bond donors (Lipinski definition) is 1. The predicted molar refractivity (Wildman–Crippen MR) is 66.5 cm³/mol. The third-order valence-corrected chi connectivity index (χ3v) is 4.33. The summed E-state index contributed by atoms with van der Waals surface area (Å²) in [7, 11) is 1.90. The molecule has 0 amide bonds. The van der Waals surface area contributed by atoms with Crippen molar-refractivity contribution in [1.29, 1.82) is 0 Å². The molecule has 2 atom stereocenters. The smallest absolute Gasteiger partial charge is 0.130 e. The van der Waals surface area contributed by atoms with E-state index in [1.54, 1.807) is 4.68 Å². The number of aromatic nitrogens is 2. The molecule has 2 rings (SSSR count). The molecule has 1 aromatic rings. The van der Waals surface area contributed by atoms with E-state index in [9.17, 15) is 0 Å². The van der Waals surface area contributed by atoms with Crippen molar-refractivity contribution in [3.63, 3.8) is 0 Å². The summed E-state index contributed by atoms with van der Waals surface area (Å²) >= 11 is 6.25. The lowest BCUT2D eigenvalue weighted by atomic mass is 9.90. The van der Waals surface area contributed by atoms with Gasteiger partial charge in [-0.25, -0.2) is 0 Å². The van der Waals surface area contributed by atoms with Crippen molar-refractivity contribution in [3.05, 3.63) is 16.4 Å². The lowest BCUT2D eigenvalue weighted by Crippen LogP contribution is -2.20. The van der Waals surface area contributed by atoms with Crippen LogP contribution in [0.5, 0.6) is 0 Å². The minimum absolute atomic E-state index is 0.677. The monoisotopic (exact) mass is 241 g/mol. The van der Waals surface area contributed by atoms with Gasteiger partial charge in [-0.15, -0.1) is 0 Å². The summed E-state index contributed by atoms with van der Waals surface area (Å²) in [5, 5.41) is 5.15. The van der Waals surface area contributed by atoms with Crippen LogP contribution in [0.4, 0.5) is 0 Å². The average Bonchev–Trinajstić information content (AvgIpc) is 2.79. The van der Waals surface area contributed by atoms with Crippen LogP contribution >= 0.6 is 11.6 Å². The molecule has 0 bridgehead atoms. The van der Waals surface area contributed by atoms with Gasteiger partial charge in [-0.3, -0.25) is 4.68 Å². The van der Waals surface area contributed by atoms with Gasteiger partial charge in [0.2, 0.25) is 0 Å². The fraction of sp³-hybridized carbons (Fsp3) is 0.750. The Morgan fingerprint density at radius 3 is 2.69 bits per heavy atom. The highest BCUT2D eigenvalue weighted by Gasteiger charge is 2.28. The van der Waals surface area contributed by atoms with Crippen LogP contribution in [0.2, 0.25) is 5.15 Å². The van der Waals surface area contributed by atoms with E-state index >= 15 is 0 Å². The molecule has 1 heterocycles. The zero-order valence-corrected chi connectivity index (χ0v) is 10.8. The van der Waals surface area contributed by atoms with Crippen molar-refractivity contribution in [1.82, 2.24) is 9.78 Å². The van der Waals surface area contributed by atoms with Crippen molar-refractivity contribution in [2.75, 3.05) is 6.54 Å². The number of hydrogen-bond acceptors (Lipinski definition) is 2. The molecule has 0 spiro atoms. The second-order valence-electron chi connectivity index (χ2n) is 4.87. The molecular weight excluding hydrogens is 222 g/mol. The number of nitrogens with two attached hydrogens (primary N) is 1. The van der Waals surface area contributed by atoms with Gasteiger partial charge in [-0.05, 0) is 44.6 Å². The highest BCUT2D eigenvalue weighted by Crippen LogP contribution is 2.35. The van der Waals surface area contributed by atoms with E-state index in [1.807, 2.05) is 14.0 Å². The first kappa shape index (κ1) is 11.9. The summed E-state index contributed by atoms with van der Waals surface area (Å²) in [6.45, 7) is 2.84. The first-order valence-electron chi connectivity index (χ1n) is 6.01. The summed E-state index contributed by atoms with van der Waals surface area (Å²) < 4.78 is 1.76. The minimum Gasteiger partial charge on any atom is -0.330 e. The van der Waals surface area contributed by atoms with E-state index in [1.165, 1.54) is 24.8 Å². The summed E-state index contributed by atoms with van der Waals surface area (Å²) in [6, 6.07) is 0. The molecule has 0 radical (unpaired) electrons. The summed E-state index contributed by atoms with van der Waals surface area (Å²) in [5.41, 5.74) is 8.09. The second-order valence-corrected chi connectivity index (χ2v) is 5.23. The largest absolute Gasteiger partial charge is 0.330 e. The average molecular weight is 242 g/mol. The van der Waals surface area contributed by atoms with Crippen LogP contribution in [-0.4, -0.2) is 16.3 Å². The first-order valence-corrected chi connectivity index (χ1v) is 6.39. The van der Waals surface area contributed by atoms with Gasteiger partial charge in [-0.2, -0.15) is 5.10 Å². The Balaban J connectivity index is 2.14. The van der Waals surface area contributed by atoms with Crippen molar-refractivity contribution in [3.8, 4) is 0 Å². The molecule has 2 N–H and O–H groups in total. The van der Waals surface area contributed by atoms with Crippen molar-refractivity contribution in [2.45, 2.75) is 32.6 Å². The van der Waals surface area contributed by atoms with Gasteiger partial charge in [0.05, 0.1) is 5.69 Å². The zero-order chi connectivity index (χ0) is 11.7. The second kappa shape index (κ2) is 4.76. The third kappa shape index (κ3) is 2.11. The predicted octanol–water partition coefficient (Wildman–Crippen LogP) is 2.30. The van der Waals surface area contributed by atoms with Gasteiger partial charge in [0.1, 0.15) is 5.15 Å². The molecule has 0 aromatic carbocycles. The van der Waals surface area contributed by atoms with Gasteiger partial charge in [0.15, 0.2) is 0 Å². The van der Waals surface area contributed by atoms with Crippen molar-refractivity contribution in [2.24, 2.45) is 24.6 Å². The van der Waals surface area contributed by atoms with Gasteiger partial charge >= 0.3 is 0 Å². The third-order valence-electron chi connectivity index (χ3n) is 3.86. The van der Waals surface area contributed by atoms with Crippen LogP contribution in [0, 0.1) is 18.8 Å². The van der Waals surface area contributed by atoms with Crippen LogP contribution in [0.25, 0.3) is 0 Å². The van der Waals surface area contributed by atoms with Crippen LogP contribution in [0.3, 0.4) is 0 Å². The Morgan fingerprint density at radius 1 is 1.44 bits per heavy atom. The molecule has 2 unspecified atom stereocenters. The molecule has 1 saturated carbocycles. The van der Waals surface area contributed by atoms with Crippen LogP contribution < -0.4 is 5.73 Å². The Hall–Kier alpha value is -0.540. The van der Waals surface area contributed by atoms with Crippen LogP contribution in [-0.2, 0) is 13.5 Å². The summed E-state index contributed by atoms with van der Waals surface area (Å²) in [6.07, 6.45) is 4.91. The minimum atomic E-state index is 0.677. The summed E-state index contributed by atoms with van der Waals surface area (Å²) in [4.78, 5) is 0. The molecule has 16 heavy (non-hydrogen) atoms. The Labute approximate surface area is 102 Å². The first-order chi connectivity index (χ1) is 7.63. The SMILES string of the molecule is Cc1nn(C)c(Cl)c1CC1CCCC1CN. The Morgan fingerprint density at radius 2 is 2.12 bits per heavy atom. The van der Waals surface area contributed by atoms with E-state index in [-0.39, 0.29) is 0 Å². The highest BCUT2D eigenvalue weighted by molar-refractivity contribution is 6.30. The molecule has 4 heteroatoms. The fourth-order valence-corrected chi connectivity index (χ4v) is 3.11. The van der Waals surface area contributed by atoms with E-state index in [2.05, 4.69) is 5.10 Å². The molecule has 0 aliphatic heterocycles.